The number of ether oxygens (including phenoxy) is 2. The molecule has 5 aromatic rings. The number of hydrogen-bond donors (Lipinski definition) is 3. The number of methoxy groups -OCH3 is 1. The summed E-state index contributed by atoms with van der Waals surface area (Å²) in [5.74, 6) is 0.725. The van der Waals surface area contributed by atoms with E-state index < -0.39 is 12.1 Å². The second-order valence-corrected chi connectivity index (χ2v) is 11.8. The standard InChI is InChI=1S/C34H33N7O7/c1-19-25-16-35-33(45)26-15-22(36-31(43)18-41-38-23-5-3-4-6-24(23)39-41)17-40(26)32(44)12-8-20-7-10-27(42)29(13-20)48-30-14-21(34(37-25)47-19)9-11-28(30)46-2/h3-7,9-11,13-14,22,26,42H,8,12,15-18H2,1-2H3,(H,35,45)(H,36,43)/t22-,26-/m0/s1. The predicted octanol–water partition coefficient (Wildman–Crippen LogP) is 3.25. The molecule has 14 heteroatoms. The van der Waals surface area contributed by atoms with Gasteiger partial charge in [-0.25, -0.2) is 4.98 Å². The van der Waals surface area contributed by atoms with Crippen molar-refractivity contribution in [1.29, 1.82) is 0 Å². The molecular weight excluding hydrogens is 618 g/mol. The van der Waals surface area contributed by atoms with Crippen LogP contribution in [0.2, 0.25) is 0 Å². The molecule has 2 atom stereocenters. The molecule has 1 fully saturated rings. The molecule has 2 aliphatic rings. The van der Waals surface area contributed by atoms with Crippen LogP contribution in [0.3, 0.4) is 0 Å². The zero-order chi connectivity index (χ0) is 33.4. The Labute approximate surface area is 274 Å². The van der Waals surface area contributed by atoms with Crippen molar-refractivity contribution in [1.82, 2.24) is 35.5 Å². The van der Waals surface area contributed by atoms with Crippen molar-refractivity contribution in [2.45, 2.75) is 51.4 Å². The highest BCUT2D eigenvalue weighted by Gasteiger charge is 2.40. The molecule has 48 heavy (non-hydrogen) atoms. The van der Waals surface area contributed by atoms with Gasteiger partial charge in [-0.05, 0) is 67.8 Å². The van der Waals surface area contributed by atoms with Crippen LogP contribution in [0.4, 0.5) is 0 Å². The maximum absolute atomic E-state index is 13.7. The van der Waals surface area contributed by atoms with Crippen molar-refractivity contribution in [3.8, 4) is 34.5 Å². The number of carbonyl (C=O) groups is 3. The summed E-state index contributed by atoms with van der Waals surface area (Å²) in [6, 6.07) is 16.1. The highest BCUT2D eigenvalue weighted by Crippen LogP contribution is 2.39. The number of phenolic OH excluding ortho intramolecular Hbond substituents is 1. The lowest BCUT2D eigenvalue weighted by Crippen LogP contribution is -2.46. The molecule has 0 spiro atoms. The first-order valence-corrected chi connectivity index (χ1v) is 15.5. The Morgan fingerprint density at radius 1 is 1.06 bits per heavy atom. The van der Waals surface area contributed by atoms with Gasteiger partial charge in [0.1, 0.15) is 35.1 Å². The Morgan fingerprint density at radius 3 is 2.62 bits per heavy atom. The highest BCUT2D eigenvalue weighted by atomic mass is 16.5. The summed E-state index contributed by atoms with van der Waals surface area (Å²) >= 11 is 0. The van der Waals surface area contributed by atoms with Crippen LogP contribution < -0.4 is 20.1 Å². The summed E-state index contributed by atoms with van der Waals surface area (Å²) in [6.07, 6.45) is 0.638. The molecule has 14 nitrogen and oxygen atoms in total. The average Bonchev–Trinajstić information content (AvgIpc) is 3.79. The second kappa shape index (κ2) is 12.7. The van der Waals surface area contributed by atoms with Crippen molar-refractivity contribution in [3.05, 3.63) is 77.7 Å². The third-order valence-electron chi connectivity index (χ3n) is 8.51. The van der Waals surface area contributed by atoms with Crippen LogP contribution in [0.1, 0.15) is 29.9 Å². The Kier molecular flexibility index (Phi) is 8.13. The third kappa shape index (κ3) is 6.24. The van der Waals surface area contributed by atoms with Gasteiger partial charge in [-0.15, -0.1) is 0 Å². The van der Waals surface area contributed by atoms with E-state index in [4.69, 9.17) is 13.9 Å². The lowest BCUT2D eigenvalue weighted by atomic mass is 10.1. The fourth-order valence-corrected chi connectivity index (χ4v) is 6.04. The molecule has 3 N–H and O–H groups in total. The van der Waals surface area contributed by atoms with Gasteiger partial charge in [0.25, 0.3) is 0 Å². The molecule has 0 unspecified atom stereocenters. The first kappa shape index (κ1) is 30.7. The summed E-state index contributed by atoms with van der Waals surface area (Å²) < 4.78 is 17.5. The summed E-state index contributed by atoms with van der Waals surface area (Å²) in [5.41, 5.74) is 3.22. The lowest BCUT2D eigenvalue weighted by Gasteiger charge is -2.24. The monoisotopic (exact) mass is 651 g/mol. The molecule has 2 aromatic heterocycles. The first-order chi connectivity index (χ1) is 23.2. The number of benzene rings is 3. The largest absolute Gasteiger partial charge is 0.504 e. The molecule has 3 aromatic carbocycles. The Bertz CT molecular complexity index is 2000. The zero-order valence-electron chi connectivity index (χ0n) is 26.3. The van der Waals surface area contributed by atoms with E-state index in [1.807, 2.05) is 24.3 Å². The molecule has 0 radical (unpaired) electrons. The minimum Gasteiger partial charge on any atom is -0.504 e. The number of amides is 3. The Balaban J connectivity index is 1.14. The van der Waals surface area contributed by atoms with E-state index in [0.717, 1.165) is 5.56 Å². The number of carbonyl (C=O) groups excluding carboxylic acids is 3. The van der Waals surface area contributed by atoms with E-state index in [2.05, 4.69) is 25.8 Å². The van der Waals surface area contributed by atoms with E-state index >= 15 is 0 Å². The molecule has 0 aliphatic carbocycles. The van der Waals surface area contributed by atoms with Crippen LogP contribution in [-0.2, 0) is 33.9 Å². The number of fused-ring (bicyclic) bond motifs is 9. The number of hydrogen-bond acceptors (Lipinski definition) is 10. The number of oxazole rings is 1. The van der Waals surface area contributed by atoms with E-state index in [9.17, 15) is 19.5 Å². The number of aryl methyl sites for hydroxylation is 2. The number of aromatic hydroxyl groups is 1. The van der Waals surface area contributed by atoms with Crippen molar-refractivity contribution in [3.63, 3.8) is 0 Å². The number of phenols is 1. The predicted molar refractivity (Wildman–Crippen MR) is 171 cm³/mol. The van der Waals surface area contributed by atoms with E-state index in [-0.39, 0.29) is 61.7 Å². The first-order valence-electron chi connectivity index (χ1n) is 15.5. The molecule has 6 bridgehead atoms. The van der Waals surface area contributed by atoms with E-state index in [1.54, 1.807) is 37.3 Å². The third-order valence-corrected chi connectivity index (χ3v) is 8.51. The van der Waals surface area contributed by atoms with Crippen LogP contribution in [0, 0.1) is 6.92 Å². The van der Waals surface area contributed by atoms with Gasteiger partial charge in [-0.1, -0.05) is 18.2 Å². The number of nitrogens with zero attached hydrogens (tertiary/aromatic N) is 5. The summed E-state index contributed by atoms with van der Waals surface area (Å²) in [4.78, 5) is 47.7. The molecule has 2 aliphatic heterocycles. The highest BCUT2D eigenvalue weighted by molar-refractivity contribution is 5.89. The molecule has 7 rings (SSSR count). The van der Waals surface area contributed by atoms with Crippen molar-refractivity contribution in [2.24, 2.45) is 0 Å². The number of nitrogens with one attached hydrogen (secondary N) is 2. The lowest BCUT2D eigenvalue weighted by molar-refractivity contribution is -0.138. The van der Waals surface area contributed by atoms with Crippen LogP contribution in [0.25, 0.3) is 22.5 Å². The Hall–Kier alpha value is -5.92. The van der Waals surface area contributed by atoms with Crippen LogP contribution in [-0.4, -0.2) is 73.4 Å². The molecule has 3 amide bonds. The Morgan fingerprint density at radius 2 is 1.85 bits per heavy atom. The van der Waals surface area contributed by atoms with E-state index in [0.29, 0.717) is 51.9 Å². The SMILES string of the molecule is COc1ccc2cc1Oc1cc(ccc1O)CCC(=O)N1C[C@@H](NC(=O)Cn3nc4ccccc4n3)C[C@H]1C(=O)NCc1nc-2oc1C. The minimum atomic E-state index is -0.818. The van der Waals surface area contributed by atoms with Gasteiger partial charge in [0.2, 0.25) is 23.6 Å². The molecule has 246 valence electrons. The van der Waals surface area contributed by atoms with Gasteiger partial charge in [-0.3, -0.25) is 14.4 Å². The quantitative estimate of drug-likeness (QED) is 0.262. The van der Waals surface area contributed by atoms with Crippen LogP contribution in [0.5, 0.6) is 23.0 Å². The fourth-order valence-electron chi connectivity index (χ4n) is 6.04. The van der Waals surface area contributed by atoms with Crippen LogP contribution >= 0.6 is 0 Å². The summed E-state index contributed by atoms with van der Waals surface area (Å²) in [7, 11) is 1.51. The minimum absolute atomic E-state index is 0.0696. The fraction of sp³-hybridized carbons (Fsp3) is 0.294. The summed E-state index contributed by atoms with van der Waals surface area (Å²) in [6.45, 7) is 1.87. The smallest absolute Gasteiger partial charge is 0.243 e. The van der Waals surface area contributed by atoms with Crippen molar-refractivity contribution in [2.75, 3.05) is 13.7 Å². The summed E-state index contributed by atoms with van der Waals surface area (Å²) in [5, 5.41) is 25.2. The molecule has 0 saturated carbocycles. The van der Waals surface area contributed by atoms with Crippen LogP contribution in [0.15, 0.2) is 65.1 Å². The maximum atomic E-state index is 13.7. The molecule has 4 heterocycles. The van der Waals surface area contributed by atoms with Gasteiger partial charge in [0.15, 0.2) is 23.0 Å². The van der Waals surface area contributed by atoms with Crippen molar-refractivity contribution >= 4 is 28.8 Å². The zero-order valence-corrected chi connectivity index (χ0v) is 26.3. The van der Waals surface area contributed by atoms with Gasteiger partial charge in [0.05, 0.1) is 13.7 Å². The topological polar surface area (TPSA) is 174 Å². The molecular formula is C34H33N7O7. The number of aromatic nitrogens is 4. The second-order valence-electron chi connectivity index (χ2n) is 11.8. The van der Waals surface area contributed by atoms with Crippen molar-refractivity contribution < 1.29 is 33.4 Å². The van der Waals surface area contributed by atoms with Gasteiger partial charge in [-0.2, -0.15) is 15.0 Å². The number of rotatable bonds is 4. The average molecular weight is 652 g/mol. The van der Waals surface area contributed by atoms with Gasteiger partial charge < -0.3 is 34.5 Å². The maximum Gasteiger partial charge on any atom is 0.243 e. The molecule has 1 saturated heterocycles. The van der Waals surface area contributed by atoms with Gasteiger partial charge in [0, 0.05) is 24.6 Å². The van der Waals surface area contributed by atoms with E-state index in [1.165, 1.54) is 22.9 Å². The van der Waals surface area contributed by atoms with Gasteiger partial charge >= 0.3 is 0 Å². The normalized spacial score (nSPS) is 18.0.